The van der Waals surface area contributed by atoms with Crippen LogP contribution in [-0.4, -0.2) is 37.7 Å². The largest absolute Gasteiger partial charge is 0.482 e. The Morgan fingerprint density at radius 1 is 1.39 bits per heavy atom. The van der Waals surface area contributed by atoms with Crippen molar-refractivity contribution in [2.45, 2.75) is 25.1 Å². The number of anilines is 1. The number of alkyl halides is 3. The second-order valence-corrected chi connectivity index (χ2v) is 6.74. The molecule has 0 saturated heterocycles. The molecule has 1 amide bonds. The van der Waals surface area contributed by atoms with E-state index >= 15 is 0 Å². The van der Waals surface area contributed by atoms with Gasteiger partial charge in [0.25, 0.3) is 0 Å². The van der Waals surface area contributed by atoms with Gasteiger partial charge in [-0.05, 0) is 41.5 Å². The number of hydrogen-bond donors (Lipinski definition) is 4. The van der Waals surface area contributed by atoms with Crippen LogP contribution in [0.1, 0.15) is 5.56 Å². The van der Waals surface area contributed by atoms with Gasteiger partial charge >= 0.3 is 6.18 Å². The molecule has 1 aromatic rings. The van der Waals surface area contributed by atoms with Crippen molar-refractivity contribution in [2.75, 3.05) is 12.4 Å². The van der Waals surface area contributed by atoms with Crippen LogP contribution in [0.15, 0.2) is 76.6 Å². The summed E-state index contributed by atoms with van der Waals surface area (Å²) in [6, 6.07) is 6.09. The second-order valence-electron chi connectivity index (χ2n) is 6.74. The molecule has 1 aliphatic heterocycles. The van der Waals surface area contributed by atoms with Gasteiger partial charge in [0.05, 0.1) is 13.2 Å². The van der Waals surface area contributed by atoms with E-state index in [9.17, 15) is 18.0 Å². The molecule has 0 spiro atoms. The van der Waals surface area contributed by atoms with Crippen molar-refractivity contribution in [2.24, 2.45) is 4.99 Å². The van der Waals surface area contributed by atoms with Crippen molar-refractivity contribution in [3.63, 3.8) is 0 Å². The fraction of sp³-hybridized carbons (Fsp3) is 0.217. The molecule has 2 atom stereocenters. The van der Waals surface area contributed by atoms with Gasteiger partial charge in [-0.3, -0.25) is 15.1 Å². The summed E-state index contributed by atoms with van der Waals surface area (Å²) in [6.45, 7) is 3.57. The second kappa shape index (κ2) is 10.4. The predicted molar refractivity (Wildman–Crippen MR) is 117 cm³/mol. The summed E-state index contributed by atoms with van der Waals surface area (Å²) < 4.78 is 45.7. The zero-order chi connectivity index (χ0) is 23.8. The highest BCUT2D eigenvalue weighted by Gasteiger charge is 2.38. The lowest BCUT2D eigenvalue weighted by Gasteiger charge is -2.28. The summed E-state index contributed by atoms with van der Waals surface area (Å²) in [4.78, 5) is 15.3. The number of carbonyl (C=O) groups is 1. The van der Waals surface area contributed by atoms with Crippen LogP contribution < -0.4 is 21.3 Å². The number of carbonyl (C=O) groups excluding carboxylic acids is 1. The van der Waals surface area contributed by atoms with Gasteiger partial charge in [0, 0.05) is 18.4 Å². The van der Waals surface area contributed by atoms with E-state index in [0.29, 0.717) is 17.0 Å². The molecule has 1 aromatic carbocycles. The van der Waals surface area contributed by atoms with Crippen LogP contribution in [-0.2, 0) is 16.1 Å². The summed E-state index contributed by atoms with van der Waals surface area (Å²) in [5, 5.41) is 11.1. The molecule has 7 nitrogen and oxygen atoms in total. The molecule has 2 unspecified atom stereocenters. The van der Waals surface area contributed by atoms with Crippen LogP contribution in [0.5, 0.6) is 0 Å². The minimum Gasteiger partial charge on any atom is -0.482 e. The van der Waals surface area contributed by atoms with Crippen molar-refractivity contribution in [1.29, 1.82) is 0 Å². The van der Waals surface area contributed by atoms with E-state index < -0.39 is 24.1 Å². The monoisotopic (exact) mass is 455 g/mol. The van der Waals surface area contributed by atoms with Crippen molar-refractivity contribution in [1.82, 2.24) is 16.0 Å². The summed E-state index contributed by atoms with van der Waals surface area (Å²) in [5.41, 5.74) is 5.58. The van der Waals surface area contributed by atoms with Gasteiger partial charge in [-0.1, -0.05) is 30.4 Å². The lowest BCUT2D eigenvalue weighted by atomic mass is 10.2. The van der Waals surface area contributed by atoms with E-state index in [1.54, 1.807) is 30.3 Å². The third kappa shape index (κ3) is 6.66. The standard InChI is InChI=1S/C23H20F3N5O2/c1-3-20(32)27-13-15-6-4-8-17(12-15)29-21-19(23(24,25)26)14-28-22(31-21)30-16-7-5-9-18(33-2)11-10-16/h3-4,6-8,12,14,16,22,29-31H,1,13H2,2H3,(H,27,32). The number of allylic oxidation sites excluding steroid dienone is 2. The Bertz CT molecular complexity index is 1160. The van der Waals surface area contributed by atoms with E-state index in [2.05, 4.69) is 56.1 Å². The van der Waals surface area contributed by atoms with Crippen LogP contribution in [0.4, 0.5) is 18.9 Å². The van der Waals surface area contributed by atoms with Crippen molar-refractivity contribution < 1.29 is 22.7 Å². The summed E-state index contributed by atoms with van der Waals surface area (Å²) >= 11 is 0. The normalized spacial score (nSPS) is 19.0. The number of nitrogens with zero attached hydrogens (tertiary/aromatic N) is 1. The number of nitrogens with one attached hydrogen (secondary N) is 4. The maximum atomic E-state index is 13.6. The third-order valence-corrected chi connectivity index (χ3v) is 4.38. The highest BCUT2D eigenvalue weighted by Crippen LogP contribution is 2.28. The Hall–Kier alpha value is -4.15. The van der Waals surface area contributed by atoms with Crippen LogP contribution in [0.25, 0.3) is 0 Å². The molecule has 0 saturated carbocycles. The van der Waals surface area contributed by atoms with Gasteiger partial charge in [0.2, 0.25) is 11.7 Å². The Balaban J connectivity index is 1.76. The van der Waals surface area contributed by atoms with E-state index in [1.807, 2.05) is 0 Å². The topological polar surface area (TPSA) is 86.8 Å². The predicted octanol–water partition coefficient (Wildman–Crippen LogP) is 2.45. The lowest BCUT2D eigenvalue weighted by molar-refractivity contribution is -0.116. The summed E-state index contributed by atoms with van der Waals surface area (Å²) in [6.07, 6.45) is -2.08. The quantitative estimate of drug-likeness (QED) is 0.275. The molecule has 1 heterocycles. The molecule has 3 rings (SSSR count). The maximum absolute atomic E-state index is 13.6. The molecule has 2 aliphatic rings. The Morgan fingerprint density at radius 2 is 2.21 bits per heavy atom. The van der Waals surface area contributed by atoms with Gasteiger partial charge in [-0.25, -0.2) is 0 Å². The first kappa shape index (κ1) is 23.5. The van der Waals surface area contributed by atoms with Crippen LogP contribution in [0.2, 0.25) is 0 Å². The molecule has 0 fully saturated rings. The van der Waals surface area contributed by atoms with E-state index in [0.717, 1.165) is 12.3 Å². The number of amides is 1. The fourth-order valence-corrected chi connectivity index (χ4v) is 2.80. The first-order chi connectivity index (χ1) is 15.8. The van der Waals surface area contributed by atoms with Gasteiger partial charge < -0.3 is 20.7 Å². The molecule has 0 radical (unpaired) electrons. The van der Waals surface area contributed by atoms with Crippen molar-refractivity contribution in [3.8, 4) is 11.8 Å². The van der Waals surface area contributed by atoms with Crippen LogP contribution in [0.3, 0.4) is 0 Å². The minimum atomic E-state index is -4.64. The summed E-state index contributed by atoms with van der Waals surface area (Å²) in [7, 11) is 1.45. The van der Waals surface area contributed by atoms with Crippen molar-refractivity contribution >= 4 is 17.8 Å². The molecule has 10 heteroatoms. The van der Waals surface area contributed by atoms with E-state index in [4.69, 9.17) is 4.74 Å². The maximum Gasteiger partial charge on any atom is 0.421 e. The van der Waals surface area contributed by atoms with Gasteiger partial charge in [0.15, 0.2) is 6.29 Å². The number of methoxy groups -OCH3 is 1. The number of hydrogen-bond acceptors (Lipinski definition) is 6. The molecule has 170 valence electrons. The fourth-order valence-electron chi connectivity index (χ4n) is 2.80. The Morgan fingerprint density at radius 3 is 2.94 bits per heavy atom. The molecule has 0 bridgehead atoms. The number of ether oxygens (including phenoxy) is 1. The average molecular weight is 455 g/mol. The SMILES string of the molecule is C=CC(=O)NCc1cccc(NC2=C(C(F)(F)F)C=NC(NC3C#CC(OC)=C=C=C3)N2)c1. The molecular formula is C23H20F3N5O2. The smallest absolute Gasteiger partial charge is 0.421 e. The van der Waals surface area contributed by atoms with Crippen LogP contribution in [0, 0.1) is 11.8 Å². The zero-order valence-corrected chi connectivity index (χ0v) is 17.5. The van der Waals surface area contributed by atoms with E-state index in [1.165, 1.54) is 7.11 Å². The van der Waals surface area contributed by atoms with Crippen LogP contribution >= 0.6 is 0 Å². The molecular weight excluding hydrogens is 435 g/mol. The van der Waals surface area contributed by atoms with Gasteiger partial charge in [-0.2, -0.15) is 13.2 Å². The number of benzene rings is 1. The Kier molecular flexibility index (Phi) is 7.44. The first-order valence-corrected chi connectivity index (χ1v) is 9.69. The van der Waals surface area contributed by atoms with Gasteiger partial charge in [-0.15, -0.1) is 0 Å². The number of rotatable bonds is 8. The van der Waals surface area contributed by atoms with E-state index in [-0.39, 0.29) is 18.3 Å². The third-order valence-electron chi connectivity index (χ3n) is 4.38. The summed E-state index contributed by atoms with van der Waals surface area (Å²) in [5.74, 6) is 5.25. The molecule has 1 aliphatic carbocycles. The highest BCUT2D eigenvalue weighted by molar-refractivity contribution is 5.86. The first-order valence-electron chi connectivity index (χ1n) is 9.69. The minimum absolute atomic E-state index is 0.197. The number of aliphatic imine (C=N–C) groups is 1. The van der Waals surface area contributed by atoms with Gasteiger partial charge in [0.1, 0.15) is 11.4 Å². The number of halogens is 3. The molecule has 4 N–H and O–H groups in total. The Labute approximate surface area is 188 Å². The lowest BCUT2D eigenvalue weighted by Crippen LogP contribution is -2.49. The average Bonchev–Trinajstić information content (AvgIpc) is 3.02. The van der Waals surface area contributed by atoms with Crippen molar-refractivity contribution in [3.05, 3.63) is 77.2 Å². The molecule has 0 aromatic heterocycles. The zero-order valence-electron chi connectivity index (χ0n) is 17.5. The molecule has 33 heavy (non-hydrogen) atoms. The highest BCUT2D eigenvalue weighted by atomic mass is 19.4.